The minimum Gasteiger partial charge on any atom is -0.497 e. The van der Waals surface area contributed by atoms with E-state index in [0.29, 0.717) is 30.5 Å². The molecule has 0 spiro atoms. The molecular formula is C20H24N4O4. The molecule has 0 saturated carbocycles. The topological polar surface area (TPSA) is 108 Å². The van der Waals surface area contributed by atoms with Crippen molar-refractivity contribution in [2.24, 2.45) is 5.73 Å². The van der Waals surface area contributed by atoms with Crippen LogP contribution in [-0.4, -0.2) is 46.9 Å². The number of ether oxygens (including phenoxy) is 2. The van der Waals surface area contributed by atoms with Crippen molar-refractivity contribution < 1.29 is 19.1 Å². The van der Waals surface area contributed by atoms with E-state index in [4.69, 9.17) is 15.2 Å². The van der Waals surface area contributed by atoms with E-state index in [1.165, 1.54) is 0 Å². The number of rotatable bonds is 7. The van der Waals surface area contributed by atoms with Gasteiger partial charge in [-0.25, -0.2) is 4.98 Å². The van der Waals surface area contributed by atoms with Gasteiger partial charge in [0.15, 0.2) is 0 Å². The molecule has 1 aliphatic heterocycles. The Kier molecular flexibility index (Phi) is 6.41. The minimum absolute atomic E-state index is 0.0144. The van der Waals surface area contributed by atoms with Gasteiger partial charge >= 0.3 is 0 Å². The second-order valence-corrected chi connectivity index (χ2v) is 6.67. The van der Waals surface area contributed by atoms with Crippen molar-refractivity contribution in [1.82, 2.24) is 14.9 Å². The van der Waals surface area contributed by atoms with Crippen LogP contribution in [0.4, 0.5) is 0 Å². The molecule has 1 aromatic heterocycles. The van der Waals surface area contributed by atoms with Crippen LogP contribution in [0.5, 0.6) is 17.4 Å². The van der Waals surface area contributed by atoms with Gasteiger partial charge in [0.1, 0.15) is 17.2 Å². The predicted octanol–water partition coefficient (Wildman–Crippen LogP) is 2.25. The van der Waals surface area contributed by atoms with E-state index in [2.05, 4.69) is 9.97 Å². The van der Waals surface area contributed by atoms with Crippen LogP contribution >= 0.6 is 0 Å². The van der Waals surface area contributed by atoms with E-state index >= 15 is 0 Å². The summed E-state index contributed by atoms with van der Waals surface area (Å²) < 4.78 is 11.2. The third-order valence-corrected chi connectivity index (χ3v) is 4.69. The maximum absolute atomic E-state index is 12.4. The summed E-state index contributed by atoms with van der Waals surface area (Å²) in [5, 5.41) is 0. The second-order valence-electron chi connectivity index (χ2n) is 6.67. The van der Waals surface area contributed by atoms with Crippen LogP contribution in [0.15, 0.2) is 36.7 Å². The van der Waals surface area contributed by atoms with E-state index in [1.54, 1.807) is 30.5 Å². The first-order valence-corrected chi connectivity index (χ1v) is 9.25. The van der Waals surface area contributed by atoms with Crippen LogP contribution in [-0.2, 0) is 9.59 Å². The lowest BCUT2D eigenvalue weighted by Gasteiger charge is -2.32. The highest BCUT2D eigenvalue weighted by Gasteiger charge is 2.28. The van der Waals surface area contributed by atoms with Crippen LogP contribution in [0.2, 0.25) is 0 Å². The number of piperidine rings is 1. The van der Waals surface area contributed by atoms with Gasteiger partial charge in [0, 0.05) is 50.3 Å². The van der Waals surface area contributed by atoms with Crippen molar-refractivity contribution in [2.75, 3.05) is 20.2 Å². The summed E-state index contributed by atoms with van der Waals surface area (Å²) in [5.41, 5.74) is 5.87. The fourth-order valence-corrected chi connectivity index (χ4v) is 3.29. The number of benzene rings is 1. The molecule has 3 rings (SSSR count). The summed E-state index contributed by atoms with van der Waals surface area (Å²) in [7, 11) is 1.60. The molecule has 1 aliphatic rings. The quantitative estimate of drug-likeness (QED) is 0.784. The van der Waals surface area contributed by atoms with Gasteiger partial charge in [0.2, 0.25) is 17.7 Å². The summed E-state index contributed by atoms with van der Waals surface area (Å²) in [6, 6.07) is 7.27. The van der Waals surface area contributed by atoms with E-state index in [9.17, 15) is 9.59 Å². The number of methoxy groups -OCH3 is 1. The molecule has 1 fully saturated rings. The number of carbonyl (C=O) groups is 2. The van der Waals surface area contributed by atoms with Gasteiger partial charge in [0.05, 0.1) is 7.11 Å². The van der Waals surface area contributed by atoms with Gasteiger partial charge in [-0.15, -0.1) is 0 Å². The van der Waals surface area contributed by atoms with Crippen molar-refractivity contribution in [2.45, 2.75) is 31.6 Å². The maximum Gasteiger partial charge on any atom is 0.241 e. The highest BCUT2D eigenvalue weighted by molar-refractivity contribution is 5.83. The summed E-state index contributed by atoms with van der Waals surface area (Å²) in [6.45, 7) is 1.19. The van der Waals surface area contributed by atoms with E-state index in [-0.39, 0.29) is 24.7 Å². The number of nitrogens with zero attached hydrogens (tertiary/aromatic N) is 3. The van der Waals surface area contributed by atoms with Crippen LogP contribution in [0, 0.1) is 0 Å². The molecule has 2 amide bonds. The van der Waals surface area contributed by atoms with Crippen LogP contribution in [0.1, 0.15) is 37.3 Å². The molecule has 1 saturated heterocycles. The molecule has 1 atom stereocenters. The number of hydrogen-bond donors (Lipinski definition) is 1. The third kappa shape index (κ3) is 4.97. The molecule has 2 aromatic rings. The standard InChI is InChI=1S/C20H24N4O4/c1-27-15-5-2-6-16(12-15)28-20-19(22-9-10-23-20)14-4-3-11-24(13-14)18(26)8-7-17(21)25/h2,5-6,9-10,12,14H,3-4,7-8,11,13H2,1H3,(H2,21,25). The minimum atomic E-state index is -0.468. The van der Waals surface area contributed by atoms with Crippen LogP contribution < -0.4 is 15.2 Å². The predicted molar refractivity (Wildman–Crippen MR) is 102 cm³/mol. The monoisotopic (exact) mass is 384 g/mol. The van der Waals surface area contributed by atoms with Crippen molar-refractivity contribution in [3.05, 3.63) is 42.4 Å². The molecule has 28 heavy (non-hydrogen) atoms. The molecule has 1 unspecified atom stereocenters. The Morgan fingerprint density at radius 3 is 2.79 bits per heavy atom. The number of aromatic nitrogens is 2. The number of nitrogens with two attached hydrogens (primary N) is 1. The number of likely N-dealkylation sites (tertiary alicyclic amines) is 1. The van der Waals surface area contributed by atoms with Crippen LogP contribution in [0.3, 0.4) is 0 Å². The molecule has 0 bridgehead atoms. The fraction of sp³-hybridized carbons (Fsp3) is 0.400. The zero-order valence-corrected chi connectivity index (χ0v) is 15.8. The molecule has 0 aliphatic carbocycles. The average Bonchev–Trinajstić information content (AvgIpc) is 2.72. The van der Waals surface area contributed by atoms with Gasteiger partial charge < -0.3 is 20.1 Å². The lowest BCUT2D eigenvalue weighted by molar-refractivity contribution is -0.134. The van der Waals surface area contributed by atoms with E-state index in [1.807, 2.05) is 18.2 Å². The first-order valence-electron chi connectivity index (χ1n) is 9.25. The maximum atomic E-state index is 12.4. The van der Waals surface area contributed by atoms with E-state index < -0.39 is 5.91 Å². The molecule has 0 radical (unpaired) electrons. The fourth-order valence-electron chi connectivity index (χ4n) is 3.29. The van der Waals surface area contributed by atoms with E-state index in [0.717, 1.165) is 18.5 Å². The molecule has 1 aromatic carbocycles. The van der Waals surface area contributed by atoms with Crippen LogP contribution in [0.25, 0.3) is 0 Å². The van der Waals surface area contributed by atoms with Crippen molar-refractivity contribution in [1.29, 1.82) is 0 Å². The SMILES string of the molecule is COc1cccc(Oc2nccnc2C2CCCN(C(=O)CCC(N)=O)C2)c1. The Bertz CT molecular complexity index is 842. The number of amides is 2. The Labute approximate surface area is 163 Å². The second kappa shape index (κ2) is 9.16. The number of hydrogen-bond acceptors (Lipinski definition) is 6. The lowest BCUT2D eigenvalue weighted by atomic mass is 9.94. The largest absolute Gasteiger partial charge is 0.497 e. The molecule has 148 valence electrons. The summed E-state index contributed by atoms with van der Waals surface area (Å²) in [4.78, 5) is 33.9. The van der Waals surface area contributed by atoms with Gasteiger partial charge in [-0.3, -0.25) is 14.6 Å². The normalized spacial score (nSPS) is 16.5. The zero-order chi connectivity index (χ0) is 19.9. The smallest absolute Gasteiger partial charge is 0.241 e. The molecular weight excluding hydrogens is 360 g/mol. The third-order valence-electron chi connectivity index (χ3n) is 4.69. The van der Waals surface area contributed by atoms with Gasteiger partial charge in [-0.1, -0.05) is 6.07 Å². The molecule has 2 N–H and O–H groups in total. The first kappa shape index (κ1) is 19.6. The number of carbonyl (C=O) groups excluding carboxylic acids is 2. The highest BCUT2D eigenvalue weighted by atomic mass is 16.5. The summed E-state index contributed by atoms with van der Waals surface area (Å²) in [5.74, 6) is 1.19. The van der Waals surface area contributed by atoms with Gasteiger partial charge in [-0.05, 0) is 25.0 Å². The lowest BCUT2D eigenvalue weighted by Crippen LogP contribution is -2.39. The average molecular weight is 384 g/mol. The molecule has 2 heterocycles. The van der Waals surface area contributed by atoms with Crippen molar-refractivity contribution in [3.63, 3.8) is 0 Å². The Balaban J connectivity index is 1.74. The summed E-state index contributed by atoms with van der Waals surface area (Å²) in [6.07, 6.45) is 5.14. The Morgan fingerprint density at radius 1 is 1.21 bits per heavy atom. The molecule has 8 heteroatoms. The molecule has 8 nitrogen and oxygen atoms in total. The van der Waals surface area contributed by atoms with Crippen molar-refractivity contribution in [3.8, 4) is 17.4 Å². The number of primary amides is 1. The highest BCUT2D eigenvalue weighted by Crippen LogP contribution is 2.33. The zero-order valence-electron chi connectivity index (χ0n) is 15.8. The van der Waals surface area contributed by atoms with Gasteiger partial charge in [-0.2, -0.15) is 0 Å². The summed E-state index contributed by atoms with van der Waals surface area (Å²) >= 11 is 0. The van der Waals surface area contributed by atoms with Gasteiger partial charge in [0.25, 0.3) is 0 Å². The first-order chi connectivity index (χ1) is 13.6. The Hall–Kier alpha value is -3.16. The van der Waals surface area contributed by atoms with Crippen molar-refractivity contribution >= 4 is 11.8 Å². The Morgan fingerprint density at radius 2 is 2.00 bits per heavy atom.